The summed E-state index contributed by atoms with van der Waals surface area (Å²) in [5, 5.41) is 19.0. The van der Waals surface area contributed by atoms with Crippen molar-refractivity contribution in [3.8, 4) is 22.5 Å². The zero-order valence-electron chi connectivity index (χ0n) is 19.8. The highest BCUT2D eigenvalue weighted by atomic mass is 16.1. The average Bonchev–Trinajstić information content (AvgIpc) is 3.55. The van der Waals surface area contributed by atoms with Gasteiger partial charge in [0.2, 0.25) is 17.4 Å². The Kier molecular flexibility index (Phi) is 5.78. The summed E-state index contributed by atoms with van der Waals surface area (Å²) in [4.78, 5) is 17.6. The van der Waals surface area contributed by atoms with Crippen molar-refractivity contribution in [1.82, 2.24) is 35.4 Å². The van der Waals surface area contributed by atoms with Crippen LogP contribution in [0, 0.1) is 0 Å². The van der Waals surface area contributed by atoms with Crippen LogP contribution in [0.1, 0.15) is 48.3 Å². The Morgan fingerprint density at radius 1 is 0.886 bits per heavy atom. The molecule has 8 heteroatoms. The fourth-order valence-corrected chi connectivity index (χ4v) is 4.00. The molecule has 1 N–H and O–H groups in total. The topological polar surface area (TPSA) is 102 Å². The maximum atomic E-state index is 13.0. The van der Waals surface area contributed by atoms with Crippen LogP contribution >= 0.6 is 0 Å². The molecule has 5 rings (SSSR count). The van der Waals surface area contributed by atoms with Gasteiger partial charge in [-0.2, -0.15) is 5.21 Å². The van der Waals surface area contributed by atoms with E-state index >= 15 is 0 Å². The van der Waals surface area contributed by atoms with Crippen molar-refractivity contribution in [3.63, 3.8) is 0 Å². The summed E-state index contributed by atoms with van der Waals surface area (Å²) in [6, 6.07) is 25.4. The summed E-state index contributed by atoms with van der Waals surface area (Å²) >= 11 is 0. The van der Waals surface area contributed by atoms with Gasteiger partial charge in [-0.15, -0.1) is 15.3 Å². The molecule has 0 aliphatic rings. The zero-order chi connectivity index (χ0) is 24.4. The van der Waals surface area contributed by atoms with Gasteiger partial charge in [-0.25, -0.2) is 9.67 Å². The van der Waals surface area contributed by atoms with E-state index < -0.39 is 0 Å². The van der Waals surface area contributed by atoms with Gasteiger partial charge in [0.25, 0.3) is 0 Å². The maximum absolute atomic E-state index is 13.0. The number of aromatic nitrogens is 7. The molecule has 0 saturated heterocycles. The second-order valence-corrected chi connectivity index (χ2v) is 9.28. The first-order chi connectivity index (χ1) is 16.9. The summed E-state index contributed by atoms with van der Waals surface area (Å²) < 4.78 is 1.85. The molecule has 174 valence electrons. The van der Waals surface area contributed by atoms with Crippen molar-refractivity contribution in [2.45, 2.75) is 32.7 Å². The van der Waals surface area contributed by atoms with Crippen LogP contribution in [0.4, 0.5) is 0 Å². The fourth-order valence-electron chi connectivity index (χ4n) is 4.00. The molecule has 5 aromatic rings. The number of hydrogen-bond donors (Lipinski definition) is 1. The Hall–Kier alpha value is -4.46. The van der Waals surface area contributed by atoms with Crippen LogP contribution in [0.5, 0.6) is 0 Å². The van der Waals surface area contributed by atoms with Crippen molar-refractivity contribution in [1.29, 1.82) is 0 Å². The van der Waals surface area contributed by atoms with Crippen LogP contribution in [0.15, 0.2) is 78.9 Å². The first-order valence-electron chi connectivity index (χ1n) is 11.4. The number of ketones is 1. The fraction of sp³-hybridized carbons (Fsp3) is 0.185. The number of benzene rings is 3. The molecule has 35 heavy (non-hydrogen) atoms. The first kappa shape index (κ1) is 22.3. The quantitative estimate of drug-likeness (QED) is 0.366. The number of H-pyrrole nitrogens is 1. The predicted octanol–water partition coefficient (Wildman–Crippen LogP) is 4.70. The lowest BCUT2D eigenvalue weighted by Gasteiger charge is -2.21. The predicted molar refractivity (Wildman–Crippen MR) is 133 cm³/mol. The number of nitrogens with zero attached hydrogens (tertiary/aromatic N) is 6. The molecule has 0 spiro atoms. The van der Waals surface area contributed by atoms with Gasteiger partial charge < -0.3 is 0 Å². The van der Waals surface area contributed by atoms with E-state index in [1.165, 1.54) is 0 Å². The minimum Gasteiger partial charge on any atom is -0.285 e. The lowest BCUT2D eigenvalue weighted by molar-refractivity contribution is 0.102. The minimum atomic E-state index is -0.318. The molecule has 0 saturated carbocycles. The molecule has 0 bridgehead atoms. The van der Waals surface area contributed by atoms with Gasteiger partial charge in [-0.3, -0.25) is 4.79 Å². The van der Waals surface area contributed by atoms with E-state index in [2.05, 4.69) is 75.7 Å². The number of rotatable bonds is 6. The molecule has 3 aromatic carbocycles. The normalized spacial score (nSPS) is 11.5. The Bertz CT molecular complexity index is 1450. The van der Waals surface area contributed by atoms with Crippen LogP contribution in [0.3, 0.4) is 0 Å². The minimum absolute atomic E-state index is 0.178. The van der Waals surface area contributed by atoms with E-state index in [-0.39, 0.29) is 17.1 Å². The molecule has 2 heterocycles. The monoisotopic (exact) mass is 463 g/mol. The molecular weight excluding hydrogens is 438 g/mol. The van der Waals surface area contributed by atoms with Gasteiger partial charge >= 0.3 is 0 Å². The van der Waals surface area contributed by atoms with Crippen molar-refractivity contribution in [2.75, 3.05) is 0 Å². The molecule has 0 radical (unpaired) electrons. The van der Waals surface area contributed by atoms with E-state index in [1.54, 1.807) is 12.1 Å². The molecule has 2 aromatic heterocycles. The maximum Gasteiger partial charge on any atom is 0.232 e. The third-order valence-electron chi connectivity index (χ3n) is 5.69. The van der Waals surface area contributed by atoms with Gasteiger partial charge in [0.1, 0.15) is 5.82 Å². The molecule has 0 atom stereocenters. The molecule has 8 nitrogen and oxygen atoms in total. The van der Waals surface area contributed by atoms with Crippen LogP contribution < -0.4 is 0 Å². The lowest BCUT2D eigenvalue weighted by atomic mass is 9.97. The second kappa shape index (κ2) is 9.06. The van der Waals surface area contributed by atoms with Crippen molar-refractivity contribution in [3.05, 3.63) is 102 Å². The van der Waals surface area contributed by atoms with Crippen molar-refractivity contribution in [2.24, 2.45) is 0 Å². The smallest absolute Gasteiger partial charge is 0.232 e. The van der Waals surface area contributed by atoms with Gasteiger partial charge in [0.15, 0.2) is 0 Å². The number of nitrogens with one attached hydrogen (secondary N) is 1. The number of tetrazole rings is 1. The van der Waals surface area contributed by atoms with Crippen molar-refractivity contribution < 1.29 is 4.79 Å². The molecule has 0 aliphatic heterocycles. The Morgan fingerprint density at radius 3 is 2.23 bits per heavy atom. The van der Waals surface area contributed by atoms with Gasteiger partial charge in [-0.1, -0.05) is 78.9 Å². The molecule has 0 aliphatic carbocycles. The SMILES string of the molecule is CC(C)(C)n1nc(C(=O)c2ccccc2)nc1Cc1ccc(-c2ccccc2-c2nn[nH]n2)cc1. The Labute approximate surface area is 203 Å². The summed E-state index contributed by atoms with van der Waals surface area (Å²) in [5.41, 5.74) is 4.31. The van der Waals surface area contributed by atoms with E-state index in [1.807, 2.05) is 47.1 Å². The summed E-state index contributed by atoms with van der Waals surface area (Å²) in [5.74, 6) is 1.34. The number of carbonyl (C=O) groups excluding carboxylic acids is 1. The largest absolute Gasteiger partial charge is 0.285 e. The Balaban J connectivity index is 1.44. The van der Waals surface area contributed by atoms with Crippen LogP contribution in [0.2, 0.25) is 0 Å². The van der Waals surface area contributed by atoms with Gasteiger partial charge in [-0.05, 0) is 42.7 Å². The highest BCUT2D eigenvalue weighted by molar-refractivity contribution is 6.06. The van der Waals surface area contributed by atoms with Crippen molar-refractivity contribution >= 4 is 5.78 Å². The summed E-state index contributed by atoms with van der Waals surface area (Å²) in [7, 11) is 0. The second-order valence-electron chi connectivity index (χ2n) is 9.28. The highest BCUT2D eigenvalue weighted by Gasteiger charge is 2.24. The van der Waals surface area contributed by atoms with E-state index in [0.29, 0.717) is 17.8 Å². The van der Waals surface area contributed by atoms with Gasteiger partial charge in [0, 0.05) is 17.5 Å². The highest BCUT2D eigenvalue weighted by Crippen LogP contribution is 2.30. The third kappa shape index (κ3) is 4.63. The van der Waals surface area contributed by atoms with E-state index in [9.17, 15) is 4.79 Å². The first-order valence-corrected chi connectivity index (χ1v) is 11.4. The molecule has 0 unspecified atom stereocenters. The number of hydrogen-bond acceptors (Lipinski definition) is 6. The van der Waals surface area contributed by atoms with Crippen LogP contribution in [-0.4, -0.2) is 41.2 Å². The Morgan fingerprint density at radius 2 is 1.57 bits per heavy atom. The van der Waals surface area contributed by atoms with E-state index in [4.69, 9.17) is 0 Å². The van der Waals surface area contributed by atoms with Crippen LogP contribution in [0.25, 0.3) is 22.5 Å². The summed E-state index contributed by atoms with van der Waals surface area (Å²) in [6.07, 6.45) is 0.555. The molecule has 0 fully saturated rings. The van der Waals surface area contributed by atoms with Gasteiger partial charge in [0.05, 0.1) is 5.54 Å². The average molecular weight is 464 g/mol. The number of carbonyl (C=O) groups is 1. The van der Waals surface area contributed by atoms with E-state index in [0.717, 1.165) is 28.1 Å². The molecular formula is C27H25N7O. The lowest BCUT2D eigenvalue weighted by Crippen LogP contribution is -2.26. The standard InChI is InChI=1S/C27H25N7O/c1-27(2,3)34-23(28-26(31-34)24(35)20-9-5-4-6-10-20)17-18-13-15-19(16-14-18)21-11-7-8-12-22(21)25-29-32-33-30-25/h4-16H,17H2,1-3H3,(H,29,30,32,33). The molecule has 0 amide bonds. The third-order valence-corrected chi connectivity index (χ3v) is 5.69. The number of aromatic amines is 1. The zero-order valence-corrected chi connectivity index (χ0v) is 19.8. The van der Waals surface area contributed by atoms with Crippen LogP contribution in [-0.2, 0) is 12.0 Å². The summed E-state index contributed by atoms with van der Waals surface area (Å²) in [6.45, 7) is 6.17.